The SMILES string of the molecule is CC1(c2cn(Cc3cc4ccccc4o3)c3c(C(N)=O)cccc23)[CH]C1. The molecule has 2 N–H and O–H groups in total. The van der Waals surface area contributed by atoms with Crippen molar-refractivity contribution in [3.63, 3.8) is 0 Å². The predicted octanol–water partition coefficient (Wildman–Crippen LogP) is 4.40. The molecule has 1 amide bonds. The van der Waals surface area contributed by atoms with Crippen molar-refractivity contribution in [1.29, 1.82) is 0 Å². The van der Waals surface area contributed by atoms with E-state index in [9.17, 15) is 4.79 Å². The minimum atomic E-state index is -0.406. The second-order valence-corrected chi connectivity index (χ2v) is 7.31. The van der Waals surface area contributed by atoms with Gasteiger partial charge in [-0.05, 0) is 42.0 Å². The third-order valence-corrected chi connectivity index (χ3v) is 5.40. The van der Waals surface area contributed by atoms with E-state index in [0.29, 0.717) is 12.1 Å². The molecule has 0 aliphatic heterocycles. The van der Waals surface area contributed by atoms with Crippen LogP contribution in [0.2, 0.25) is 0 Å². The highest BCUT2D eigenvalue weighted by atomic mass is 16.3. The van der Waals surface area contributed by atoms with Crippen LogP contribution in [0.1, 0.15) is 35.0 Å². The summed E-state index contributed by atoms with van der Waals surface area (Å²) in [6, 6.07) is 15.8. The van der Waals surface area contributed by atoms with Crippen molar-refractivity contribution < 1.29 is 9.21 Å². The van der Waals surface area contributed by atoms with Gasteiger partial charge in [0.25, 0.3) is 5.91 Å². The van der Waals surface area contributed by atoms with Crippen LogP contribution in [0.4, 0.5) is 0 Å². The van der Waals surface area contributed by atoms with Crippen LogP contribution in [0.25, 0.3) is 21.9 Å². The Morgan fingerprint density at radius 1 is 1.23 bits per heavy atom. The third kappa shape index (κ3) is 2.25. The zero-order valence-electron chi connectivity index (χ0n) is 14.5. The average Bonchev–Trinajstić information content (AvgIpc) is 3.09. The van der Waals surface area contributed by atoms with Gasteiger partial charge in [0.2, 0.25) is 0 Å². The highest BCUT2D eigenvalue weighted by Crippen LogP contribution is 2.49. The quantitative estimate of drug-likeness (QED) is 0.597. The van der Waals surface area contributed by atoms with Gasteiger partial charge in [-0.25, -0.2) is 0 Å². The standard InChI is InChI=1S/C22H19N2O2/c1-22(9-10-22)18-13-24(20-16(18)6-4-7-17(20)21(23)25)12-15-11-14-5-2-3-8-19(14)26-15/h2-9,11,13H,10,12H2,1H3,(H2,23,25). The predicted molar refractivity (Wildman–Crippen MR) is 102 cm³/mol. The van der Waals surface area contributed by atoms with Crippen molar-refractivity contribution in [1.82, 2.24) is 4.57 Å². The van der Waals surface area contributed by atoms with Gasteiger partial charge in [0, 0.05) is 17.0 Å². The van der Waals surface area contributed by atoms with Crippen molar-refractivity contribution in [3.05, 3.63) is 78.0 Å². The number of furan rings is 1. The van der Waals surface area contributed by atoms with E-state index in [4.69, 9.17) is 10.2 Å². The number of para-hydroxylation sites is 2. The van der Waals surface area contributed by atoms with E-state index in [2.05, 4.69) is 36.2 Å². The summed E-state index contributed by atoms with van der Waals surface area (Å²) in [4.78, 5) is 12.0. The Hall–Kier alpha value is -3.01. The van der Waals surface area contributed by atoms with Crippen LogP contribution < -0.4 is 5.73 Å². The summed E-state index contributed by atoms with van der Waals surface area (Å²) in [5.41, 5.74) is 9.28. The number of amides is 1. The molecule has 1 atom stereocenters. The lowest BCUT2D eigenvalue weighted by atomic mass is 9.97. The molecule has 1 aliphatic carbocycles. The zero-order valence-corrected chi connectivity index (χ0v) is 14.5. The number of aromatic nitrogens is 1. The number of nitrogens with zero attached hydrogens (tertiary/aromatic N) is 1. The van der Waals surface area contributed by atoms with E-state index >= 15 is 0 Å². The first-order valence-electron chi connectivity index (χ1n) is 8.79. The summed E-state index contributed by atoms with van der Waals surface area (Å²) in [5, 5.41) is 2.17. The molecule has 1 radical (unpaired) electrons. The maximum absolute atomic E-state index is 12.0. The summed E-state index contributed by atoms with van der Waals surface area (Å²) in [5.74, 6) is 0.454. The Morgan fingerprint density at radius 2 is 2.04 bits per heavy atom. The molecule has 2 aromatic carbocycles. The fourth-order valence-electron chi connectivity index (χ4n) is 3.79. The van der Waals surface area contributed by atoms with Gasteiger partial charge in [0.15, 0.2) is 0 Å². The molecule has 2 aromatic heterocycles. The number of benzene rings is 2. The topological polar surface area (TPSA) is 61.2 Å². The second-order valence-electron chi connectivity index (χ2n) is 7.31. The van der Waals surface area contributed by atoms with Crippen LogP contribution in [-0.2, 0) is 12.0 Å². The first kappa shape index (κ1) is 15.3. The lowest BCUT2D eigenvalue weighted by Crippen LogP contribution is -2.13. The fraction of sp³-hybridized carbons (Fsp3) is 0.182. The third-order valence-electron chi connectivity index (χ3n) is 5.40. The molecule has 4 aromatic rings. The van der Waals surface area contributed by atoms with Gasteiger partial charge in [-0.1, -0.05) is 37.3 Å². The molecule has 1 fully saturated rings. The molecule has 1 saturated carbocycles. The molecule has 1 unspecified atom stereocenters. The van der Waals surface area contributed by atoms with E-state index < -0.39 is 5.91 Å². The monoisotopic (exact) mass is 343 g/mol. The maximum Gasteiger partial charge on any atom is 0.250 e. The Labute approximate surface area is 151 Å². The zero-order chi connectivity index (χ0) is 17.9. The number of rotatable bonds is 4. The van der Waals surface area contributed by atoms with Gasteiger partial charge in [0.1, 0.15) is 11.3 Å². The molecule has 1 aliphatic rings. The summed E-state index contributed by atoms with van der Waals surface area (Å²) < 4.78 is 8.08. The molecule has 0 spiro atoms. The molecule has 5 rings (SSSR count). The first-order chi connectivity index (χ1) is 12.5. The molecule has 0 saturated heterocycles. The lowest BCUT2D eigenvalue weighted by Gasteiger charge is -2.06. The van der Waals surface area contributed by atoms with E-state index in [0.717, 1.165) is 34.1 Å². The van der Waals surface area contributed by atoms with Gasteiger partial charge < -0.3 is 14.7 Å². The first-order valence-corrected chi connectivity index (χ1v) is 8.79. The molecule has 26 heavy (non-hydrogen) atoms. The number of hydrogen-bond donors (Lipinski definition) is 1. The normalized spacial score (nSPS) is 15.6. The maximum atomic E-state index is 12.0. The van der Waals surface area contributed by atoms with Gasteiger partial charge >= 0.3 is 0 Å². The summed E-state index contributed by atoms with van der Waals surface area (Å²) in [6.07, 6.45) is 5.50. The minimum absolute atomic E-state index is 0.0770. The highest BCUT2D eigenvalue weighted by Gasteiger charge is 2.42. The molecule has 0 bridgehead atoms. The van der Waals surface area contributed by atoms with Crippen LogP contribution in [-0.4, -0.2) is 10.5 Å². The minimum Gasteiger partial charge on any atom is -0.459 e. The number of hydrogen-bond acceptors (Lipinski definition) is 2. The molecule has 4 nitrogen and oxygen atoms in total. The molecule has 129 valence electrons. The number of primary amides is 1. The molecular weight excluding hydrogens is 324 g/mol. The van der Waals surface area contributed by atoms with Gasteiger partial charge in [-0.15, -0.1) is 0 Å². The Morgan fingerprint density at radius 3 is 2.77 bits per heavy atom. The van der Waals surface area contributed by atoms with Crippen LogP contribution in [0.3, 0.4) is 0 Å². The number of fused-ring (bicyclic) bond motifs is 2. The van der Waals surface area contributed by atoms with Crippen LogP contribution >= 0.6 is 0 Å². The molecular formula is C22H19N2O2. The Balaban J connectivity index is 1.69. The molecule has 4 heteroatoms. The van der Waals surface area contributed by atoms with Crippen LogP contribution in [0.15, 0.2) is 59.1 Å². The van der Waals surface area contributed by atoms with Crippen molar-refractivity contribution in [2.24, 2.45) is 5.73 Å². The Kier molecular flexibility index (Phi) is 3.08. The van der Waals surface area contributed by atoms with Crippen molar-refractivity contribution in [3.8, 4) is 0 Å². The van der Waals surface area contributed by atoms with E-state index in [1.165, 1.54) is 5.56 Å². The summed E-state index contributed by atoms with van der Waals surface area (Å²) >= 11 is 0. The van der Waals surface area contributed by atoms with E-state index in [1.54, 1.807) is 6.07 Å². The van der Waals surface area contributed by atoms with Crippen molar-refractivity contribution in [2.45, 2.75) is 25.3 Å². The van der Waals surface area contributed by atoms with Crippen molar-refractivity contribution >= 4 is 27.8 Å². The smallest absolute Gasteiger partial charge is 0.250 e. The number of carbonyl (C=O) groups is 1. The van der Waals surface area contributed by atoms with E-state index in [1.807, 2.05) is 30.3 Å². The van der Waals surface area contributed by atoms with Gasteiger partial charge in [-0.2, -0.15) is 0 Å². The van der Waals surface area contributed by atoms with Crippen LogP contribution in [0.5, 0.6) is 0 Å². The average molecular weight is 343 g/mol. The highest BCUT2D eigenvalue weighted by molar-refractivity contribution is 6.06. The van der Waals surface area contributed by atoms with Gasteiger partial charge in [0.05, 0.1) is 17.6 Å². The Bertz CT molecular complexity index is 1130. The summed E-state index contributed by atoms with van der Waals surface area (Å²) in [6.45, 7) is 2.79. The van der Waals surface area contributed by atoms with E-state index in [-0.39, 0.29) is 5.41 Å². The fourth-order valence-corrected chi connectivity index (χ4v) is 3.79. The molecule has 2 heterocycles. The number of carbonyl (C=O) groups excluding carboxylic acids is 1. The number of nitrogens with two attached hydrogens (primary N) is 1. The largest absolute Gasteiger partial charge is 0.459 e. The van der Waals surface area contributed by atoms with Crippen LogP contribution in [0, 0.1) is 6.42 Å². The second kappa shape index (κ2) is 5.24. The van der Waals surface area contributed by atoms with Crippen molar-refractivity contribution in [2.75, 3.05) is 0 Å². The lowest BCUT2D eigenvalue weighted by molar-refractivity contribution is 0.100. The van der Waals surface area contributed by atoms with Gasteiger partial charge in [-0.3, -0.25) is 4.79 Å². The summed E-state index contributed by atoms with van der Waals surface area (Å²) in [7, 11) is 0.